The average Bonchev–Trinajstić information content (AvgIpc) is 2.65. The van der Waals surface area contributed by atoms with Gasteiger partial charge in [-0.25, -0.2) is 4.98 Å². The lowest BCUT2D eigenvalue weighted by atomic mass is 10.2. The summed E-state index contributed by atoms with van der Waals surface area (Å²) in [5, 5.41) is 5.79. The zero-order valence-corrected chi connectivity index (χ0v) is 12.5. The Labute approximate surface area is 124 Å². The highest BCUT2D eigenvalue weighted by atomic mass is 35.5. The number of benzene rings is 1. The largest absolute Gasteiger partial charge is 0.342 e. The van der Waals surface area contributed by atoms with Gasteiger partial charge in [0, 0.05) is 18.7 Å². The Balaban J connectivity index is 0.00000162. The maximum atomic E-state index is 11.5. The minimum absolute atomic E-state index is 0. The number of fused-ring (bicyclic) bond motifs is 1. The highest BCUT2D eigenvalue weighted by molar-refractivity contribution is 5.93. The molecule has 7 heteroatoms. The SMILES string of the molecule is CNCCC(=O)Nc1ccc2nc(C)[nH]c2c1.Cl.Cl. The second-order valence-electron chi connectivity index (χ2n) is 3.96. The van der Waals surface area contributed by atoms with Gasteiger partial charge < -0.3 is 15.6 Å². The molecule has 1 heterocycles. The van der Waals surface area contributed by atoms with Gasteiger partial charge in [-0.15, -0.1) is 24.8 Å². The number of carbonyl (C=O) groups excluding carboxylic acids is 1. The molecule has 1 aromatic heterocycles. The molecule has 2 rings (SSSR count). The van der Waals surface area contributed by atoms with Crippen LogP contribution >= 0.6 is 24.8 Å². The summed E-state index contributed by atoms with van der Waals surface area (Å²) in [6.45, 7) is 2.59. The van der Waals surface area contributed by atoms with Crippen molar-refractivity contribution in [2.24, 2.45) is 0 Å². The molecule has 106 valence electrons. The van der Waals surface area contributed by atoms with Gasteiger partial charge in [-0.2, -0.15) is 0 Å². The van der Waals surface area contributed by atoms with E-state index >= 15 is 0 Å². The normalized spacial score (nSPS) is 9.58. The number of nitrogens with one attached hydrogen (secondary N) is 3. The fourth-order valence-electron chi connectivity index (χ4n) is 1.68. The van der Waals surface area contributed by atoms with Crippen molar-refractivity contribution in [1.29, 1.82) is 0 Å². The number of H-pyrrole nitrogens is 1. The van der Waals surface area contributed by atoms with Gasteiger partial charge in [0.2, 0.25) is 5.91 Å². The number of hydrogen-bond acceptors (Lipinski definition) is 3. The first-order valence-corrected chi connectivity index (χ1v) is 5.60. The molecular formula is C12H18Cl2N4O. The van der Waals surface area contributed by atoms with Gasteiger partial charge in [-0.3, -0.25) is 4.79 Å². The van der Waals surface area contributed by atoms with Crippen molar-refractivity contribution >= 4 is 47.4 Å². The molecule has 0 aliphatic carbocycles. The van der Waals surface area contributed by atoms with E-state index in [2.05, 4.69) is 20.6 Å². The Hall–Kier alpha value is -1.30. The van der Waals surface area contributed by atoms with Crippen molar-refractivity contribution in [3.05, 3.63) is 24.0 Å². The molecule has 19 heavy (non-hydrogen) atoms. The van der Waals surface area contributed by atoms with Crippen molar-refractivity contribution in [3.8, 4) is 0 Å². The third kappa shape index (κ3) is 4.70. The van der Waals surface area contributed by atoms with E-state index in [4.69, 9.17) is 0 Å². The van der Waals surface area contributed by atoms with Crippen molar-refractivity contribution in [2.75, 3.05) is 18.9 Å². The van der Waals surface area contributed by atoms with Crippen LogP contribution < -0.4 is 10.6 Å². The summed E-state index contributed by atoms with van der Waals surface area (Å²) in [4.78, 5) is 19.0. The molecule has 0 atom stereocenters. The molecule has 0 saturated heterocycles. The molecule has 1 aromatic carbocycles. The van der Waals surface area contributed by atoms with E-state index in [0.29, 0.717) is 13.0 Å². The van der Waals surface area contributed by atoms with Gasteiger partial charge in [0.15, 0.2) is 0 Å². The zero-order valence-electron chi connectivity index (χ0n) is 10.8. The summed E-state index contributed by atoms with van der Waals surface area (Å²) >= 11 is 0. The van der Waals surface area contributed by atoms with Gasteiger partial charge in [0.05, 0.1) is 11.0 Å². The number of aryl methyl sites for hydroxylation is 1. The van der Waals surface area contributed by atoms with E-state index in [1.54, 1.807) is 0 Å². The van der Waals surface area contributed by atoms with Crippen LogP contribution in [0.2, 0.25) is 0 Å². The maximum Gasteiger partial charge on any atom is 0.225 e. The van der Waals surface area contributed by atoms with Gasteiger partial charge in [-0.1, -0.05) is 0 Å². The van der Waals surface area contributed by atoms with Crippen molar-refractivity contribution in [2.45, 2.75) is 13.3 Å². The number of rotatable bonds is 4. The highest BCUT2D eigenvalue weighted by Gasteiger charge is 2.04. The average molecular weight is 305 g/mol. The molecule has 0 fully saturated rings. The van der Waals surface area contributed by atoms with E-state index in [1.165, 1.54) is 0 Å². The number of amides is 1. The van der Waals surface area contributed by atoms with Crippen molar-refractivity contribution < 1.29 is 4.79 Å². The lowest BCUT2D eigenvalue weighted by Crippen LogP contribution is -2.18. The Kier molecular flexibility index (Phi) is 7.44. The minimum Gasteiger partial charge on any atom is -0.342 e. The summed E-state index contributed by atoms with van der Waals surface area (Å²) < 4.78 is 0. The molecule has 0 spiro atoms. The van der Waals surface area contributed by atoms with Crippen LogP contribution in [0.4, 0.5) is 5.69 Å². The molecule has 0 saturated carbocycles. The van der Waals surface area contributed by atoms with Crippen LogP contribution in [0.25, 0.3) is 11.0 Å². The maximum absolute atomic E-state index is 11.5. The third-order valence-electron chi connectivity index (χ3n) is 2.49. The lowest BCUT2D eigenvalue weighted by Gasteiger charge is -2.04. The fraction of sp³-hybridized carbons (Fsp3) is 0.333. The molecule has 0 unspecified atom stereocenters. The number of nitrogens with zero attached hydrogens (tertiary/aromatic N) is 1. The summed E-state index contributed by atoms with van der Waals surface area (Å²) in [6.07, 6.45) is 0.469. The van der Waals surface area contributed by atoms with Gasteiger partial charge >= 0.3 is 0 Å². The predicted molar refractivity (Wildman–Crippen MR) is 82.5 cm³/mol. The Bertz CT molecular complexity index is 542. The first-order chi connectivity index (χ1) is 8.19. The van der Waals surface area contributed by atoms with Crippen LogP contribution in [-0.2, 0) is 4.79 Å². The number of halogens is 2. The Morgan fingerprint density at radius 2 is 2.11 bits per heavy atom. The van der Waals surface area contributed by atoms with Crippen LogP contribution in [-0.4, -0.2) is 29.5 Å². The topological polar surface area (TPSA) is 69.8 Å². The number of hydrogen-bond donors (Lipinski definition) is 3. The summed E-state index contributed by atoms with van der Waals surface area (Å²) in [5.74, 6) is 0.883. The van der Waals surface area contributed by atoms with E-state index in [1.807, 2.05) is 32.2 Å². The molecule has 0 aliphatic rings. The fourth-order valence-corrected chi connectivity index (χ4v) is 1.68. The second kappa shape index (κ2) is 7.99. The summed E-state index contributed by atoms with van der Waals surface area (Å²) in [7, 11) is 1.83. The van der Waals surface area contributed by atoms with E-state index in [0.717, 1.165) is 22.5 Å². The summed E-state index contributed by atoms with van der Waals surface area (Å²) in [6, 6.07) is 5.65. The number of imidazole rings is 1. The van der Waals surface area contributed by atoms with E-state index in [-0.39, 0.29) is 30.7 Å². The quantitative estimate of drug-likeness (QED) is 0.811. The number of aromatic amines is 1. The predicted octanol–water partition coefficient (Wildman–Crippen LogP) is 2.26. The zero-order chi connectivity index (χ0) is 12.3. The molecular weight excluding hydrogens is 287 g/mol. The van der Waals surface area contributed by atoms with E-state index < -0.39 is 0 Å². The number of carbonyl (C=O) groups is 1. The molecule has 1 amide bonds. The monoisotopic (exact) mass is 304 g/mol. The van der Waals surface area contributed by atoms with Crippen molar-refractivity contribution in [3.63, 3.8) is 0 Å². The van der Waals surface area contributed by atoms with Crippen molar-refractivity contribution in [1.82, 2.24) is 15.3 Å². The number of anilines is 1. The molecule has 5 nitrogen and oxygen atoms in total. The second-order valence-corrected chi connectivity index (χ2v) is 3.96. The Morgan fingerprint density at radius 1 is 1.37 bits per heavy atom. The van der Waals surface area contributed by atoms with Crippen LogP contribution in [0.1, 0.15) is 12.2 Å². The smallest absolute Gasteiger partial charge is 0.225 e. The summed E-state index contributed by atoms with van der Waals surface area (Å²) in [5.41, 5.74) is 2.65. The van der Waals surface area contributed by atoms with Crippen LogP contribution in [0.15, 0.2) is 18.2 Å². The molecule has 0 aliphatic heterocycles. The van der Waals surface area contributed by atoms with Crippen LogP contribution in [0.5, 0.6) is 0 Å². The molecule has 0 radical (unpaired) electrons. The highest BCUT2D eigenvalue weighted by Crippen LogP contribution is 2.17. The molecule has 2 aromatic rings. The number of aromatic nitrogens is 2. The van der Waals surface area contributed by atoms with Gasteiger partial charge in [0.25, 0.3) is 0 Å². The van der Waals surface area contributed by atoms with Crippen LogP contribution in [0.3, 0.4) is 0 Å². The first-order valence-electron chi connectivity index (χ1n) is 5.60. The standard InChI is InChI=1S/C12H16N4O.2ClH/c1-8-14-10-4-3-9(7-11(10)15-8)16-12(17)5-6-13-2;;/h3-4,7,13H,5-6H2,1-2H3,(H,14,15)(H,16,17);2*1H. The lowest BCUT2D eigenvalue weighted by molar-refractivity contribution is -0.116. The van der Waals surface area contributed by atoms with E-state index in [9.17, 15) is 4.79 Å². The van der Waals surface area contributed by atoms with Crippen LogP contribution in [0, 0.1) is 6.92 Å². The van der Waals surface area contributed by atoms with Gasteiger partial charge in [-0.05, 0) is 32.2 Å². The minimum atomic E-state index is 0. The Morgan fingerprint density at radius 3 is 2.79 bits per heavy atom. The first kappa shape index (κ1) is 17.7. The van der Waals surface area contributed by atoms with Gasteiger partial charge in [0.1, 0.15) is 5.82 Å². The molecule has 3 N–H and O–H groups in total. The third-order valence-corrected chi connectivity index (χ3v) is 2.49. The molecule has 0 bridgehead atoms.